The molecule has 24 heavy (non-hydrogen) atoms. The van der Waals surface area contributed by atoms with Crippen molar-refractivity contribution in [1.29, 1.82) is 0 Å². The van der Waals surface area contributed by atoms with Gasteiger partial charge in [0.1, 0.15) is 0 Å². The van der Waals surface area contributed by atoms with Crippen LogP contribution in [0.15, 0.2) is 4.52 Å². The summed E-state index contributed by atoms with van der Waals surface area (Å²) < 4.78 is 5.42. The van der Waals surface area contributed by atoms with E-state index in [1.165, 1.54) is 0 Å². The molecule has 0 radical (unpaired) electrons. The lowest BCUT2D eigenvalue weighted by molar-refractivity contribution is -0.131. The minimum Gasteiger partial charge on any atom is -0.342 e. The van der Waals surface area contributed by atoms with E-state index in [1.807, 2.05) is 4.90 Å². The molecule has 134 valence electrons. The normalized spacial score (nSPS) is 21.6. The molecule has 0 saturated carbocycles. The molecule has 0 aromatic carbocycles. The summed E-state index contributed by atoms with van der Waals surface area (Å²) in [7, 11) is 0. The van der Waals surface area contributed by atoms with Crippen molar-refractivity contribution in [2.24, 2.45) is 0 Å². The number of likely N-dealkylation sites (tertiary alicyclic amines) is 1. The van der Waals surface area contributed by atoms with Crippen LogP contribution in [-0.2, 0) is 4.79 Å². The van der Waals surface area contributed by atoms with Crippen LogP contribution in [0.4, 0.5) is 0 Å². The lowest BCUT2D eigenvalue weighted by atomic mass is 10.2. The van der Waals surface area contributed by atoms with Gasteiger partial charge in [0, 0.05) is 45.2 Å². The number of aromatic nitrogens is 2. The van der Waals surface area contributed by atoms with Gasteiger partial charge in [-0.2, -0.15) is 4.98 Å². The quantitative estimate of drug-likeness (QED) is 0.812. The first kappa shape index (κ1) is 17.4. The van der Waals surface area contributed by atoms with E-state index in [0.717, 1.165) is 57.9 Å². The topological polar surface area (TPSA) is 65.7 Å². The third-order valence-electron chi connectivity index (χ3n) is 5.10. The fourth-order valence-electron chi connectivity index (χ4n) is 3.37. The SMILES string of the molecule is CC(C)c1noc(C(C)N2CCN(CC(=O)N3CCCC3)CC2)n1. The Kier molecular flexibility index (Phi) is 5.50. The molecule has 2 fully saturated rings. The summed E-state index contributed by atoms with van der Waals surface area (Å²) in [5, 5.41) is 4.06. The highest BCUT2D eigenvalue weighted by Crippen LogP contribution is 2.22. The number of amides is 1. The Morgan fingerprint density at radius 2 is 1.75 bits per heavy atom. The van der Waals surface area contributed by atoms with Crippen LogP contribution in [-0.4, -0.2) is 76.6 Å². The molecule has 3 heterocycles. The highest BCUT2D eigenvalue weighted by Gasteiger charge is 2.28. The zero-order valence-electron chi connectivity index (χ0n) is 15.1. The molecule has 0 aliphatic carbocycles. The van der Waals surface area contributed by atoms with Crippen LogP contribution in [0, 0.1) is 0 Å². The van der Waals surface area contributed by atoms with E-state index in [-0.39, 0.29) is 17.9 Å². The van der Waals surface area contributed by atoms with Crippen molar-refractivity contribution < 1.29 is 9.32 Å². The molecule has 2 aliphatic heterocycles. The minimum atomic E-state index is 0.126. The molecule has 1 aromatic heterocycles. The predicted molar refractivity (Wildman–Crippen MR) is 90.6 cm³/mol. The van der Waals surface area contributed by atoms with Crippen molar-refractivity contribution >= 4 is 5.91 Å². The van der Waals surface area contributed by atoms with Crippen LogP contribution >= 0.6 is 0 Å². The Morgan fingerprint density at radius 3 is 2.33 bits per heavy atom. The summed E-state index contributed by atoms with van der Waals surface area (Å²) in [4.78, 5) is 23.4. The van der Waals surface area contributed by atoms with Crippen molar-refractivity contribution in [3.05, 3.63) is 11.7 Å². The van der Waals surface area contributed by atoms with Gasteiger partial charge in [-0.1, -0.05) is 19.0 Å². The van der Waals surface area contributed by atoms with Gasteiger partial charge >= 0.3 is 0 Å². The molecule has 1 atom stereocenters. The first-order valence-electron chi connectivity index (χ1n) is 9.12. The summed E-state index contributed by atoms with van der Waals surface area (Å²) in [6.45, 7) is 12.3. The van der Waals surface area contributed by atoms with E-state index in [1.54, 1.807) is 0 Å². The average Bonchev–Trinajstić information content (AvgIpc) is 3.26. The van der Waals surface area contributed by atoms with Crippen LogP contribution in [0.25, 0.3) is 0 Å². The van der Waals surface area contributed by atoms with Gasteiger partial charge in [0.2, 0.25) is 11.8 Å². The monoisotopic (exact) mass is 335 g/mol. The van der Waals surface area contributed by atoms with E-state index in [9.17, 15) is 4.79 Å². The first-order chi connectivity index (χ1) is 11.5. The number of piperazine rings is 1. The van der Waals surface area contributed by atoms with Crippen molar-refractivity contribution in [1.82, 2.24) is 24.8 Å². The van der Waals surface area contributed by atoms with Crippen LogP contribution < -0.4 is 0 Å². The fourth-order valence-corrected chi connectivity index (χ4v) is 3.37. The van der Waals surface area contributed by atoms with Crippen LogP contribution in [0.3, 0.4) is 0 Å². The van der Waals surface area contributed by atoms with E-state index in [0.29, 0.717) is 12.4 Å². The van der Waals surface area contributed by atoms with E-state index in [2.05, 4.69) is 40.7 Å². The van der Waals surface area contributed by atoms with Crippen molar-refractivity contribution in [2.75, 3.05) is 45.8 Å². The maximum atomic E-state index is 12.3. The predicted octanol–water partition coefficient (Wildman–Crippen LogP) is 1.49. The number of hydrogen-bond acceptors (Lipinski definition) is 6. The summed E-state index contributed by atoms with van der Waals surface area (Å²) in [6, 6.07) is 0.126. The second kappa shape index (κ2) is 7.61. The second-order valence-electron chi connectivity index (χ2n) is 7.22. The molecule has 7 nitrogen and oxygen atoms in total. The summed E-state index contributed by atoms with van der Waals surface area (Å²) in [5.41, 5.74) is 0. The molecule has 2 saturated heterocycles. The fraction of sp³-hybridized carbons (Fsp3) is 0.824. The Balaban J connectivity index is 1.48. The van der Waals surface area contributed by atoms with Gasteiger partial charge in [-0.3, -0.25) is 14.6 Å². The summed E-state index contributed by atoms with van der Waals surface area (Å²) >= 11 is 0. The third kappa shape index (κ3) is 3.95. The van der Waals surface area contributed by atoms with Crippen molar-refractivity contribution in [3.63, 3.8) is 0 Å². The van der Waals surface area contributed by atoms with Crippen LogP contribution in [0.1, 0.15) is 57.3 Å². The molecule has 1 amide bonds. The van der Waals surface area contributed by atoms with Gasteiger partial charge in [-0.25, -0.2) is 0 Å². The van der Waals surface area contributed by atoms with Gasteiger partial charge in [0.25, 0.3) is 0 Å². The van der Waals surface area contributed by atoms with E-state index >= 15 is 0 Å². The molecule has 1 aromatic rings. The van der Waals surface area contributed by atoms with Gasteiger partial charge in [-0.05, 0) is 19.8 Å². The molecule has 0 N–H and O–H groups in total. The first-order valence-corrected chi connectivity index (χ1v) is 9.12. The third-order valence-corrected chi connectivity index (χ3v) is 5.10. The Bertz CT molecular complexity index is 545. The Labute approximate surface area is 144 Å². The molecule has 2 aliphatic rings. The Hall–Kier alpha value is -1.47. The van der Waals surface area contributed by atoms with Crippen LogP contribution in [0.2, 0.25) is 0 Å². The number of carbonyl (C=O) groups excluding carboxylic acids is 1. The van der Waals surface area contributed by atoms with Crippen LogP contribution in [0.5, 0.6) is 0 Å². The highest BCUT2D eigenvalue weighted by molar-refractivity contribution is 5.78. The highest BCUT2D eigenvalue weighted by atomic mass is 16.5. The summed E-state index contributed by atoms with van der Waals surface area (Å²) in [6.07, 6.45) is 2.30. The van der Waals surface area contributed by atoms with Gasteiger partial charge in [0.15, 0.2) is 5.82 Å². The minimum absolute atomic E-state index is 0.126. The zero-order valence-corrected chi connectivity index (χ0v) is 15.1. The molecule has 0 bridgehead atoms. The largest absolute Gasteiger partial charge is 0.342 e. The number of nitrogens with zero attached hydrogens (tertiary/aromatic N) is 5. The molecule has 3 rings (SSSR count). The van der Waals surface area contributed by atoms with E-state index < -0.39 is 0 Å². The molecule has 7 heteroatoms. The van der Waals surface area contributed by atoms with Gasteiger partial charge in [-0.15, -0.1) is 0 Å². The lowest BCUT2D eigenvalue weighted by Crippen LogP contribution is -2.50. The smallest absolute Gasteiger partial charge is 0.243 e. The standard InChI is InChI=1S/C17H29N5O2/c1-13(2)16-18-17(24-19-16)14(3)21-10-8-20(9-11-21)12-15(23)22-6-4-5-7-22/h13-14H,4-12H2,1-3H3. The zero-order chi connectivity index (χ0) is 17.1. The number of rotatable bonds is 5. The molecular weight excluding hydrogens is 306 g/mol. The second-order valence-corrected chi connectivity index (χ2v) is 7.22. The lowest BCUT2D eigenvalue weighted by Gasteiger charge is -2.36. The van der Waals surface area contributed by atoms with E-state index in [4.69, 9.17) is 4.52 Å². The van der Waals surface area contributed by atoms with Crippen molar-refractivity contribution in [3.8, 4) is 0 Å². The van der Waals surface area contributed by atoms with Gasteiger partial charge < -0.3 is 9.42 Å². The van der Waals surface area contributed by atoms with Gasteiger partial charge in [0.05, 0.1) is 12.6 Å². The summed E-state index contributed by atoms with van der Waals surface area (Å²) in [5.74, 6) is 2.03. The average molecular weight is 335 g/mol. The number of hydrogen-bond donors (Lipinski definition) is 0. The molecule has 0 spiro atoms. The number of carbonyl (C=O) groups is 1. The molecular formula is C17H29N5O2. The maximum Gasteiger partial charge on any atom is 0.243 e. The Morgan fingerprint density at radius 1 is 1.08 bits per heavy atom. The maximum absolute atomic E-state index is 12.3. The molecule has 1 unspecified atom stereocenters. The van der Waals surface area contributed by atoms with Crippen molar-refractivity contribution in [2.45, 2.75) is 45.6 Å².